The number of hydrogen-bond acceptors (Lipinski definition) is 1. The molecule has 3 rings (SSSR count). The minimum atomic E-state index is 0.507. The third kappa shape index (κ3) is 2.50. The second-order valence-electron chi connectivity index (χ2n) is 4.98. The Bertz CT molecular complexity index is 606. The number of benzene rings is 2. The van der Waals surface area contributed by atoms with Gasteiger partial charge in [-0.05, 0) is 23.1 Å². The molecule has 0 saturated heterocycles. The number of allylic oxidation sites excluding steroid dienone is 1. The van der Waals surface area contributed by atoms with E-state index in [9.17, 15) is 0 Å². The predicted molar refractivity (Wildman–Crippen MR) is 81.3 cm³/mol. The van der Waals surface area contributed by atoms with Crippen LogP contribution in [0.1, 0.15) is 18.9 Å². The zero-order valence-corrected chi connectivity index (χ0v) is 11.1. The van der Waals surface area contributed by atoms with Crippen LogP contribution >= 0.6 is 0 Å². The lowest BCUT2D eigenvalue weighted by Gasteiger charge is -2.16. The van der Waals surface area contributed by atoms with E-state index in [0.717, 1.165) is 6.42 Å². The molecule has 1 unspecified atom stereocenters. The van der Waals surface area contributed by atoms with E-state index in [1.54, 1.807) is 0 Å². The van der Waals surface area contributed by atoms with E-state index in [-0.39, 0.29) is 0 Å². The summed E-state index contributed by atoms with van der Waals surface area (Å²) in [6.45, 7) is 2.23. The Labute approximate surface area is 114 Å². The summed E-state index contributed by atoms with van der Waals surface area (Å²) >= 11 is 0. The van der Waals surface area contributed by atoms with Crippen LogP contribution < -0.4 is 0 Å². The Hall–Kier alpha value is -2.15. The third-order valence-corrected chi connectivity index (χ3v) is 3.56. The molecule has 2 aromatic carbocycles. The van der Waals surface area contributed by atoms with Gasteiger partial charge in [0.25, 0.3) is 0 Å². The molecule has 1 heterocycles. The quantitative estimate of drug-likeness (QED) is 0.729. The second-order valence-corrected chi connectivity index (χ2v) is 4.98. The van der Waals surface area contributed by atoms with E-state index in [4.69, 9.17) is 0 Å². The molecule has 1 heteroatoms. The van der Waals surface area contributed by atoms with Crippen LogP contribution in [0.3, 0.4) is 0 Å². The summed E-state index contributed by atoms with van der Waals surface area (Å²) in [5, 5.41) is 0. The van der Waals surface area contributed by atoms with Gasteiger partial charge in [-0.1, -0.05) is 67.6 Å². The van der Waals surface area contributed by atoms with Gasteiger partial charge in [-0.25, -0.2) is 0 Å². The van der Waals surface area contributed by atoms with Crippen molar-refractivity contribution in [2.45, 2.75) is 13.3 Å². The van der Waals surface area contributed by atoms with E-state index in [1.807, 2.05) is 12.3 Å². The van der Waals surface area contributed by atoms with E-state index in [2.05, 4.69) is 66.5 Å². The highest BCUT2D eigenvalue weighted by atomic mass is 14.7. The standard InChI is InChI=1S/C18H17N/c1-14-6-5-13-19-18(14)17-11-9-16(10-12-17)15-7-3-2-4-8-15/h2-5,7-14H,6H2,1H3. The van der Waals surface area contributed by atoms with Crippen LogP contribution in [0.2, 0.25) is 0 Å². The van der Waals surface area contributed by atoms with Crippen LogP contribution in [-0.2, 0) is 0 Å². The molecule has 0 radical (unpaired) electrons. The molecule has 1 nitrogen and oxygen atoms in total. The molecule has 0 saturated carbocycles. The summed E-state index contributed by atoms with van der Waals surface area (Å²) in [6.07, 6.45) is 5.13. The van der Waals surface area contributed by atoms with Crippen molar-refractivity contribution in [1.82, 2.24) is 0 Å². The van der Waals surface area contributed by atoms with Crippen LogP contribution in [0.4, 0.5) is 0 Å². The molecule has 0 aliphatic carbocycles. The van der Waals surface area contributed by atoms with E-state index >= 15 is 0 Å². The Kier molecular flexibility index (Phi) is 3.28. The first-order valence-corrected chi connectivity index (χ1v) is 6.73. The van der Waals surface area contributed by atoms with E-state index in [1.165, 1.54) is 22.4 Å². The normalized spacial score (nSPS) is 18.2. The molecular weight excluding hydrogens is 230 g/mol. The van der Waals surface area contributed by atoms with Crippen molar-refractivity contribution >= 4 is 5.71 Å². The molecule has 0 bridgehead atoms. The summed E-state index contributed by atoms with van der Waals surface area (Å²) < 4.78 is 0. The summed E-state index contributed by atoms with van der Waals surface area (Å²) in [6, 6.07) is 19.2. The van der Waals surface area contributed by atoms with Gasteiger partial charge in [0, 0.05) is 12.1 Å². The Morgan fingerprint density at radius 3 is 2.16 bits per heavy atom. The zero-order chi connectivity index (χ0) is 13.1. The molecule has 1 atom stereocenters. The maximum absolute atomic E-state index is 4.52. The summed E-state index contributed by atoms with van der Waals surface area (Å²) in [5.74, 6) is 0.507. The highest BCUT2D eigenvalue weighted by Gasteiger charge is 2.13. The van der Waals surface area contributed by atoms with Crippen molar-refractivity contribution in [1.29, 1.82) is 0 Å². The molecular formula is C18H17N. The fraction of sp³-hybridized carbons (Fsp3) is 0.167. The van der Waals surface area contributed by atoms with Crippen molar-refractivity contribution in [3.8, 4) is 11.1 Å². The number of rotatable bonds is 2. The monoisotopic (exact) mass is 247 g/mol. The first kappa shape index (κ1) is 11.9. The molecule has 2 aromatic rings. The number of aliphatic imine (C=N–C) groups is 1. The van der Waals surface area contributed by atoms with Crippen molar-refractivity contribution in [2.24, 2.45) is 10.9 Å². The lowest BCUT2D eigenvalue weighted by atomic mass is 9.92. The van der Waals surface area contributed by atoms with Crippen LogP contribution in [0.15, 0.2) is 71.9 Å². The smallest absolute Gasteiger partial charge is 0.0506 e. The maximum Gasteiger partial charge on any atom is 0.0506 e. The van der Waals surface area contributed by atoms with Gasteiger partial charge < -0.3 is 0 Å². The average molecular weight is 247 g/mol. The van der Waals surface area contributed by atoms with Gasteiger partial charge in [-0.2, -0.15) is 0 Å². The fourth-order valence-electron chi connectivity index (χ4n) is 2.46. The highest BCUT2D eigenvalue weighted by Crippen LogP contribution is 2.22. The zero-order valence-electron chi connectivity index (χ0n) is 11.1. The van der Waals surface area contributed by atoms with Crippen molar-refractivity contribution in [3.05, 3.63) is 72.4 Å². The molecule has 0 fully saturated rings. The third-order valence-electron chi connectivity index (χ3n) is 3.56. The highest BCUT2D eigenvalue weighted by molar-refractivity contribution is 6.03. The maximum atomic E-state index is 4.52. The van der Waals surface area contributed by atoms with Crippen LogP contribution in [0.25, 0.3) is 11.1 Å². The molecule has 19 heavy (non-hydrogen) atoms. The van der Waals surface area contributed by atoms with E-state index < -0.39 is 0 Å². The summed E-state index contributed by atoms with van der Waals surface area (Å²) in [4.78, 5) is 4.52. The SMILES string of the molecule is CC1CC=CN=C1c1ccc(-c2ccccc2)cc1. The van der Waals surface area contributed by atoms with Gasteiger partial charge >= 0.3 is 0 Å². The average Bonchev–Trinajstić information content (AvgIpc) is 2.49. The fourth-order valence-corrected chi connectivity index (χ4v) is 2.46. The number of nitrogens with zero attached hydrogens (tertiary/aromatic N) is 1. The number of hydrogen-bond donors (Lipinski definition) is 0. The lowest BCUT2D eigenvalue weighted by Crippen LogP contribution is -2.13. The molecule has 0 amide bonds. The molecule has 1 aliphatic rings. The van der Waals surface area contributed by atoms with E-state index in [0.29, 0.717) is 5.92 Å². The summed E-state index contributed by atoms with van der Waals surface area (Å²) in [7, 11) is 0. The van der Waals surface area contributed by atoms with Crippen molar-refractivity contribution in [2.75, 3.05) is 0 Å². The van der Waals surface area contributed by atoms with Crippen LogP contribution in [-0.4, -0.2) is 5.71 Å². The second kappa shape index (κ2) is 5.23. The van der Waals surface area contributed by atoms with Gasteiger partial charge in [0.15, 0.2) is 0 Å². The predicted octanol–water partition coefficient (Wildman–Crippen LogP) is 4.70. The Morgan fingerprint density at radius 1 is 0.842 bits per heavy atom. The first-order chi connectivity index (χ1) is 9.34. The molecule has 1 aliphatic heterocycles. The molecule has 0 spiro atoms. The Morgan fingerprint density at radius 2 is 1.47 bits per heavy atom. The minimum absolute atomic E-state index is 0.507. The Balaban J connectivity index is 1.91. The molecule has 0 N–H and O–H groups in total. The van der Waals surface area contributed by atoms with Gasteiger partial charge in [-0.3, -0.25) is 4.99 Å². The largest absolute Gasteiger partial charge is 0.261 e. The van der Waals surface area contributed by atoms with Crippen LogP contribution in [0.5, 0.6) is 0 Å². The summed E-state index contributed by atoms with van der Waals surface area (Å²) in [5.41, 5.74) is 4.94. The van der Waals surface area contributed by atoms with Crippen molar-refractivity contribution in [3.63, 3.8) is 0 Å². The van der Waals surface area contributed by atoms with Gasteiger partial charge in [0.2, 0.25) is 0 Å². The van der Waals surface area contributed by atoms with Crippen LogP contribution in [0, 0.1) is 5.92 Å². The van der Waals surface area contributed by atoms with Gasteiger partial charge in [-0.15, -0.1) is 0 Å². The topological polar surface area (TPSA) is 12.4 Å². The van der Waals surface area contributed by atoms with Gasteiger partial charge in [0.1, 0.15) is 0 Å². The molecule has 0 aromatic heterocycles. The lowest BCUT2D eigenvalue weighted by molar-refractivity contribution is 0.778. The minimum Gasteiger partial charge on any atom is -0.261 e. The first-order valence-electron chi connectivity index (χ1n) is 6.73. The van der Waals surface area contributed by atoms with Gasteiger partial charge in [0.05, 0.1) is 5.71 Å². The molecule has 94 valence electrons. The van der Waals surface area contributed by atoms with Crippen molar-refractivity contribution < 1.29 is 0 Å².